The van der Waals surface area contributed by atoms with Crippen molar-refractivity contribution in [2.75, 3.05) is 14.7 Å². The van der Waals surface area contributed by atoms with E-state index in [2.05, 4.69) is 208 Å². The smallest absolute Gasteiger partial charge is 0.137 e. The Morgan fingerprint density at radius 1 is 0.683 bits per heavy atom. The highest BCUT2D eigenvalue weighted by Crippen LogP contribution is 2.59. The van der Waals surface area contributed by atoms with Gasteiger partial charge in [0.2, 0.25) is 0 Å². The van der Waals surface area contributed by atoms with Crippen LogP contribution in [0.3, 0.4) is 0 Å². The number of anilines is 6. The lowest BCUT2D eigenvalue weighted by molar-refractivity contribution is 0.589. The highest BCUT2D eigenvalue weighted by atomic mass is 15.2. The van der Waals surface area contributed by atoms with Crippen molar-refractivity contribution in [3.8, 4) is 0 Å². The fraction of sp³-hybridized carbons (Fsp3) is 0.164. The zero-order valence-electron chi connectivity index (χ0n) is 35.4. The second-order valence-electron chi connectivity index (χ2n) is 16.6. The summed E-state index contributed by atoms with van der Waals surface area (Å²) in [5, 5.41) is 4.77. The van der Waals surface area contributed by atoms with Crippen molar-refractivity contribution in [2.24, 2.45) is 4.99 Å². The number of aromatic nitrogens is 1. The van der Waals surface area contributed by atoms with Crippen LogP contribution in [0.25, 0.3) is 21.5 Å². The van der Waals surface area contributed by atoms with Gasteiger partial charge in [-0.2, -0.15) is 0 Å². The van der Waals surface area contributed by atoms with Crippen LogP contribution >= 0.6 is 0 Å². The van der Waals surface area contributed by atoms with Crippen molar-refractivity contribution in [1.29, 1.82) is 0 Å². The third-order valence-electron chi connectivity index (χ3n) is 12.3. The summed E-state index contributed by atoms with van der Waals surface area (Å²) in [6.07, 6.45) is 13.3. The zero-order chi connectivity index (χ0) is 41.6. The van der Waals surface area contributed by atoms with Crippen molar-refractivity contribution in [2.45, 2.75) is 58.8 Å². The Hall–Kier alpha value is -6.98. The molecule has 1 aromatic heterocycles. The predicted octanol–water partition coefficient (Wildman–Crippen LogP) is 14.7. The summed E-state index contributed by atoms with van der Waals surface area (Å²) in [4.78, 5) is 16.9. The van der Waals surface area contributed by atoms with Gasteiger partial charge in [-0.25, -0.2) is 9.98 Å². The normalized spacial score (nSPS) is 15.4. The largest absolute Gasteiger partial charge is 0.309 e. The van der Waals surface area contributed by atoms with Gasteiger partial charge in [0.25, 0.3) is 0 Å². The van der Waals surface area contributed by atoms with Crippen molar-refractivity contribution in [3.05, 3.63) is 211 Å². The number of pyridine rings is 1. The number of rotatable bonds is 10. The van der Waals surface area contributed by atoms with E-state index in [4.69, 9.17) is 9.98 Å². The van der Waals surface area contributed by atoms with Crippen LogP contribution in [0, 0.1) is 0 Å². The summed E-state index contributed by atoms with van der Waals surface area (Å²) in [6.45, 7) is 18.1. The van der Waals surface area contributed by atoms with Crippen LogP contribution in [0.4, 0.5) is 34.3 Å². The first kappa shape index (κ1) is 38.5. The minimum Gasteiger partial charge on any atom is -0.309 e. The predicted molar refractivity (Wildman–Crippen MR) is 255 cm³/mol. The molecule has 3 heterocycles. The van der Waals surface area contributed by atoms with Crippen LogP contribution in [0.5, 0.6) is 0 Å². The average Bonchev–Trinajstić information content (AvgIpc) is 3.27. The maximum atomic E-state index is 4.96. The Morgan fingerprint density at radius 2 is 1.30 bits per heavy atom. The standard InChI is InChI=1S/C55H51N5/c1-8-19-51(56-10-3)58(42-29-27-38-20-11-13-22-40(38)34-42)33-31-46-49(9-2)60-50-25-16-15-24-45(50)54(4,5)47-36-44(37-48(53(47)60)55(46,6)7)59(52-26-17-18-32-57-52)43-30-28-39-21-12-14-23-41(39)35-43/h9-37H,2,8H2,1,3-7H3/b33-31+,51-19+,56-10-. The highest BCUT2D eigenvalue weighted by molar-refractivity contribution is 5.93. The van der Waals surface area contributed by atoms with Crippen molar-refractivity contribution >= 4 is 62.0 Å². The van der Waals surface area contributed by atoms with Crippen molar-refractivity contribution < 1.29 is 0 Å². The van der Waals surface area contributed by atoms with Crippen LogP contribution in [-0.4, -0.2) is 11.2 Å². The molecule has 2 aliphatic rings. The minimum absolute atomic E-state index is 0.313. The molecule has 0 spiro atoms. The molecule has 0 atom stereocenters. The van der Waals surface area contributed by atoms with Crippen LogP contribution in [0.1, 0.15) is 64.7 Å². The van der Waals surface area contributed by atoms with E-state index in [1.54, 1.807) is 0 Å². The fourth-order valence-corrected chi connectivity index (χ4v) is 9.25. The molecule has 0 fully saturated rings. The van der Waals surface area contributed by atoms with E-state index >= 15 is 0 Å². The third kappa shape index (κ3) is 6.42. The molecule has 6 aromatic carbocycles. The second-order valence-corrected chi connectivity index (χ2v) is 16.6. The summed E-state index contributed by atoms with van der Waals surface area (Å²) < 4.78 is 0. The third-order valence-corrected chi connectivity index (χ3v) is 12.3. The number of fused-ring (bicyclic) bond motifs is 4. The van der Waals surface area contributed by atoms with E-state index in [1.807, 2.05) is 31.5 Å². The summed E-state index contributed by atoms with van der Waals surface area (Å²) in [5.41, 5.74) is 10.7. The quantitative estimate of drug-likeness (QED) is 0.129. The first-order valence-electron chi connectivity index (χ1n) is 21.0. The topological polar surface area (TPSA) is 35.0 Å². The minimum atomic E-state index is -0.462. The monoisotopic (exact) mass is 781 g/mol. The van der Waals surface area contributed by atoms with Gasteiger partial charge in [0.15, 0.2) is 0 Å². The summed E-state index contributed by atoms with van der Waals surface area (Å²) in [5.74, 6) is 1.73. The van der Waals surface area contributed by atoms with E-state index < -0.39 is 5.41 Å². The molecule has 0 unspecified atom stereocenters. The van der Waals surface area contributed by atoms with Gasteiger partial charge >= 0.3 is 0 Å². The molecule has 0 bridgehead atoms. The van der Waals surface area contributed by atoms with Gasteiger partial charge < -0.3 is 9.80 Å². The SMILES string of the molecule is C=CC1=C(/C=C/N(C(=C/CC)/N=C\C)c2ccc3ccccc3c2)C(C)(C)c2cc(N(c3ccc4ccccc4c3)c3ccccn3)cc3c2N1c1ccccc1C3(C)C. The first-order chi connectivity index (χ1) is 29.1. The number of para-hydroxylation sites is 1. The molecular formula is C55H51N5. The maximum absolute atomic E-state index is 4.96. The molecule has 0 saturated heterocycles. The summed E-state index contributed by atoms with van der Waals surface area (Å²) in [7, 11) is 0. The van der Waals surface area contributed by atoms with Gasteiger partial charge in [0.05, 0.1) is 11.4 Å². The van der Waals surface area contributed by atoms with E-state index in [-0.39, 0.29) is 5.41 Å². The number of hydrogen-bond donors (Lipinski definition) is 0. The number of benzene rings is 6. The molecule has 60 heavy (non-hydrogen) atoms. The Kier molecular flexibility index (Phi) is 9.84. The first-order valence-corrected chi connectivity index (χ1v) is 21.0. The Bertz CT molecular complexity index is 2910. The van der Waals surface area contributed by atoms with Gasteiger partial charge in [-0.15, -0.1) is 0 Å². The van der Waals surface area contributed by atoms with E-state index in [0.29, 0.717) is 0 Å². The average molecular weight is 782 g/mol. The van der Waals surface area contributed by atoms with Crippen LogP contribution in [0.2, 0.25) is 0 Å². The van der Waals surface area contributed by atoms with E-state index in [1.165, 1.54) is 49.6 Å². The van der Waals surface area contributed by atoms with Crippen LogP contribution in [0.15, 0.2) is 199 Å². The molecule has 9 rings (SSSR count). The van der Waals surface area contributed by atoms with E-state index in [0.717, 1.165) is 46.4 Å². The molecule has 0 saturated carbocycles. The number of nitrogens with zero attached hydrogens (tertiary/aromatic N) is 5. The van der Waals surface area contributed by atoms with Gasteiger partial charge in [0, 0.05) is 52.2 Å². The Morgan fingerprint density at radius 3 is 1.95 bits per heavy atom. The molecule has 296 valence electrons. The molecule has 5 nitrogen and oxygen atoms in total. The van der Waals surface area contributed by atoms with Gasteiger partial charge in [-0.1, -0.05) is 126 Å². The van der Waals surface area contributed by atoms with Gasteiger partial charge in [-0.05, 0) is 130 Å². The molecule has 7 aromatic rings. The molecule has 0 N–H and O–H groups in total. The number of allylic oxidation sites excluding steroid dienone is 4. The molecule has 5 heteroatoms. The van der Waals surface area contributed by atoms with Crippen LogP contribution < -0.4 is 14.7 Å². The fourth-order valence-electron chi connectivity index (χ4n) is 9.25. The summed E-state index contributed by atoms with van der Waals surface area (Å²) >= 11 is 0. The number of hydrogen-bond acceptors (Lipinski definition) is 5. The Labute approximate surface area is 354 Å². The van der Waals surface area contributed by atoms with Crippen molar-refractivity contribution in [3.63, 3.8) is 0 Å². The second kappa shape index (κ2) is 15.3. The molecule has 0 aliphatic carbocycles. The molecular weight excluding hydrogens is 731 g/mol. The lowest BCUT2D eigenvalue weighted by atomic mass is 9.66. The lowest BCUT2D eigenvalue weighted by Crippen LogP contribution is -2.40. The summed E-state index contributed by atoms with van der Waals surface area (Å²) in [6, 6.07) is 50.2. The number of aliphatic imine (C=N–C) groups is 1. The zero-order valence-corrected chi connectivity index (χ0v) is 35.4. The van der Waals surface area contributed by atoms with Gasteiger partial charge in [-0.3, -0.25) is 4.90 Å². The van der Waals surface area contributed by atoms with Gasteiger partial charge in [0.1, 0.15) is 11.6 Å². The maximum Gasteiger partial charge on any atom is 0.137 e. The van der Waals surface area contributed by atoms with E-state index in [9.17, 15) is 0 Å². The highest BCUT2D eigenvalue weighted by Gasteiger charge is 2.46. The Balaban J connectivity index is 1.29. The lowest BCUT2D eigenvalue weighted by Gasteiger charge is -2.50. The van der Waals surface area contributed by atoms with Crippen LogP contribution in [-0.2, 0) is 10.8 Å². The van der Waals surface area contributed by atoms with Crippen molar-refractivity contribution in [1.82, 2.24) is 4.98 Å². The molecule has 2 aliphatic heterocycles. The molecule has 0 amide bonds. The molecule has 0 radical (unpaired) electrons.